The van der Waals surface area contributed by atoms with Crippen LogP contribution in [-0.4, -0.2) is 23.2 Å². The molecule has 0 bridgehead atoms. The number of aromatic nitrogens is 1. The molecule has 0 saturated heterocycles. The molecule has 1 aromatic heterocycles. The van der Waals surface area contributed by atoms with Crippen LogP contribution >= 0.6 is 11.6 Å². The van der Waals surface area contributed by atoms with Gasteiger partial charge in [0.15, 0.2) is 11.6 Å². The number of anilines is 1. The van der Waals surface area contributed by atoms with Crippen molar-refractivity contribution in [3.05, 3.63) is 22.6 Å². The molecule has 0 aromatic carbocycles. The largest absolute Gasteiger partial charge is 0.444 e. The number of hydrogen-bond donors (Lipinski definition) is 2. The molecule has 1 heterocycles. The Hall–Kier alpha value is -2.07. The van der Waals surface area contributed by atoms with Gasteiger partial charge in [0.2, 0.25) is 0 Å². The highest BCUT2D eigenvalue weighted by atomic mass is 35.5. The molecule has 0 aliphatic carbocycles. The van der Waals surface area contributed by atoms with Crippen molar-refractivity contribution >= 4 is 23.5 Å². The lowest BCUT2D eigenvalue weighted by atomic mass is 9.87. The Bertz CT molecular complexity index is 655. The molecule has 0 fully saturated rings. The zero-order chi connectivity index (χ0) is 19.2. The van der Waals surface area contributed by atoms with Gasteiger partial charge in [-0.15, -0.1) is 0 Å². The Morgan fingerprint density at radius 2 is 2.20 bits per heavy atom. The molecular weight excluding hydrogens is 347 g/mol. The van der Waals surface area contributed by atoms with Crippen LogP contribution in [-0.2, 0) is 4.74 Å². The first-order valence-electron chi connectivity index (χ1n) is 8.06. The summed E-state index contributed by atoms with van der Waals surface area (Å²) in [4.78, 5) is 15.1. The zero-order valence-electron chi connectivity index (χ0n) is 14.9. The van der Waals surface area contributed by atoms with Gasteiger partial charge in [0.05, 0.1) is 11.6 Å². The van der Waals surface area contributed by atoms with Crippen LogP contribution in [0.2, 0.25) is 5.15 Å². The van der Waals surface area contributed by atoms with E-state index in [0.717, 1.165) is 12.5 Å². The van der Waals surface area contributed by atoms with Crippen LogP contribution < -0.4 is 11.1 Å². The fraction of sp³-hybridized carbons (Fsp3) is 0.588. The Morgan fingerprint density at radius 1 is 1.56 bits per heavy atom. The number of hydrogen-bond acceptors (Lipinski definition) is 5. The first-order chi connectivity index (χ1) is 11.6. The fourth-order valence-electron chi connectivity index (χ4n) is 2.36. The minimum atomic E-state index is -0.888. The van der Waals surface area contributed by atoms with Gasteiger partial charge in [0.25, 0.3) is 0 Å². The molecule has 1 aromatic rings. The lowest BCUT2D eigenvalue weighted by Gasteiger charge is -2.29. The minimum absolute atomic E-state index is 0.0409. The fourth-order valence-corrected chi connectivity index (χ4v) is 2.54. The summed E-state index contributed by atoms with van der Waals surface area (Å²) in [7, 11) is 0. The Morgan fingerprint density at radius 3 is 2.68 bits per heavy atom. The average molecular weight is 371 g/mol. The summed E-state index contributed by atoms with van der Waals surface area (Å²) in [6, 6.07) is 2.40. The Labute approximate surface area is 152 Å². The molecule has 1 amide bonds. The highest BCUT2D eigenvalue weighted by molar-refractivity contribution is 6.30. The third kappa shape index (κ3) is 6.75. The summed E-state index contributed by atoms with van der Waals surface area (Å²) in [5.41, 5.74) is 5.13. The van der Waals surface area contributed by atoms with Crippen molar-refractivity contribution in [2.45, 2.75) is 59.1 Å². The van der Waals surface area contributed by atoms with E-state index in [2.05, 4.69) is 31.1 Å². The van der Waals surface area contributed by atoms with Crippen LogP contribution in [0.4, 0.5) is 15.0 Å². The second kappa shape index (κ2) is 8.86. The molecule has 3 N–H and O–H groups in total. The number of primary amides is 1. The van der Waals surface area contributed by atoms with Crippen molar-refractivity contribution in [3.8, 4) is 6.07 Å². The molecule has 0 aliphatic rings. The van der Waals surface area contributed by atoms with Crippen LogP contribution in [0, 0.1) is 22.6 Å². The van der Waals surface area contributed by atoms with E-state index >= 15 is 0 Å². The summed E-state index contributed by atoms with van der Waals surface area (Å²) in [5.74, 6) is -0.787. The van der Waals surface area contributed by atoms with Gasteiger partial charge in [-0.05, 0) is 30.7 Å². The molecule has 0 spiro atoms. The number of nitrogens with one attached hydrogen (secondary N) is 1. The third-order valence-electron chi connectivity index (χ3n) is 3.70. The number of ether oxygens (including phenoxy) is 1. The second-order valence-electron chi connectivity index (χ2n) is 7.00. The normalized spacial score (nSPS) is 13.6. The first kappa shape index (κ1) is 21.0. The molecule has 138 valence electrons. The maximum absolute atomic E-state index is 14.2. The molecule has 0 saturated carbocycles. The summed E-state index contributed by atoms with van der Waals surface area (Å²) in [6.07, 6.45) is 0.468. The monoisotopic (exact) mass is 370 g/mol. The highest BCUT2D eigenvalue weighted by Crippen LogP contribution is 2.27. The number of nitrogens with two attached hydrogens (primary N) is 1. The third-order valence-corrected chi connectivity index (χ3v) is 3.98. The number of halogens is 2. The van der Waals surface area contributed by atoms with Crippen molar-refractivity contribution in [1.29, 1.82) is 5.26 Å². The summed E-state index contributed by atoms with van der Waals surface area (Å²) >= 11 is 5.89. The van der Waals surface area contributed by atoms with Gasteiger partial charge >= 0.3 is 6.09 Å². The zero-order valence-corrected chi connectivity index (χ0v) is 15.7. The first-order valence-corrected chi connectivity index (χ1v) is 8.44. The molecule has 6 nitrogen and oxygen atoms in total. The second-order valence-corrected chi connectivity index (χ2v) is 7.36. The lowest BCUT2D eigenvalue weighted by Crippen LogP contribution is -2.39. The molecule has 1 rings (SSSR count). The molecule has 0 radical (unpaired) electrons. The number of amides is 1. The van der Waals surface area contributed by atoms with E-state index in [1.807, 2.05) is 6.92 Å². The van der Waals surface area contributed by atoms with Crippen molar-refractivity contribution < 1.29 is 13.9 Å². The van der Waals surface area contributed by atoms with Gasteiger partial charge in [0.1, 0.15) is 17.3 Å². The molecular formula is C17H24ClFN4O2. The van der Waals surface area contributed by atoms with E-state index in [1.54, 1.807) is 6.07 Å². The van der Waals surface area contributed by atoms with E-state index in [-0.39, 0.29) is 21.9 Å². The standard InChI is InChI=1S/C17H24ClFN4O2/c1-5-13(25-16(21)24)12(6-7-17(2,3)4)22-15-11(19)8-10(9-20)14(18)23-15/h8,12-13H,5-7H2,1-4H3,(H2,21,24)(H,22,23)/t12-,13+/m1/s1. The number of rotatable bonds is 7. The van der Waals surface area contributed by atoms with Crippen molar-refractivity contribution in [2.75, 3.05) is 5.32 Å². The molecule has 25 heavy (non-hydrogen) atoms. The Kier molecular flexibility index (Phi) is 7.43. The summed E-state index contributed by atoms with van der Waals surface area (Å²) in [6.45, 7) is 8.08. The lowest BCUT2D eigenvalue weighted by molar-refractivity contribution is 0.0874. The van der Waals surface area contributed by atoms with Gasteiger partial charge < -0.3 is 15.8 Å². The number of pyridine rings is 1. The number of carbonyl (C=O) groups is 1. The number of nitrogens with zero attached hydrogens (tertiary/aromatic N) is 2. The van der Waals surface area contributed by atoms with Crippen LogP contribution in [0.1, 0.15) is 52.5 Å². The van der Waals surface area contributed by atoms with E-state index < -0.39 is 24.1 Å². The molecule has 8 heteroatoms. The van der Waals surface area contributed by atoms with Gasteiger partial charge in [-0.2, -0.15) is 5.26 Å². The number of nitriles is 1. The summed E-state index contributed by atoms with van der Waals surface area (Å²) in [5, 5.41) is 11.7. The molecule has 0 aliphatic heterocycles. The predicted molar refractivity (Wildman–Crippen MR) is 94.8 cm³/mol. The van der Waals surface area contributed by atoms with Crippen LogP contribution in [0.15, 0.2) is 6.07 Å². The predicted octanol–water partition coefficient (Wildman–Crippen LogP) is 4.23. The number of carbonyl (C=O) groups excluding carboxylic acids is 1. The van der Waals surface area contributed by atoms with Gasteiger partial charge in [-0.1, -0.05) is 39.3 Å². The summed E-state index contributed by atoms with van der Waals surface area (Å²) < 4.78 is 19.4. The Balaban J connectivity index is 3.09. The van der Waals surface area contributed by atoms with E-state index in [1.165, 1.54) is 0 Å². The average Bonchev–Trinajstić information content (AvgIpc) is 2.50. The van der Waals surface area contributed by atoms with Crippen LogP contribution in [0.25, 0.3) is 0 Å². The van der Waals surface area contributed by atoms with E-state index in [9.17, 15) is 9.18 Å². The van der Waals surface area contributed by atoms with Gasteiger partial charge in [-0.25, -0.2) is 14.2 Å². The molecule has 2 atom stereocenters. The van der Waals surface area contributed by atoms with Gasteiger partial charge in [-0.3, -0.25) is 0 Å². The highest BCUT2D eigenvalue weighted by Gasteiger charge is 2.26. The van der Waals surface area contributed by atoms with E-state index in [4.69, 9.17) is 27.3 Å². The smallest absolute Gasteiger partial charge is 0.404 e. The molecule has 0 unspecified atom stereocenters. The van der Waals surface area contributed by atoms with Gasteiger partial charge in [0, 0.05) is 0 Å². The maximum atomic E-state index is 14.2. The van der Waals surface area contributed by atoms with Crippen molar-refractivity contribution in [3.63, 3.8) is 0 Å². The van der Waals surface area contributed by atoms with Crippen LogP contribution in [0.3, 0.4) is 0 Å². The van der Waals surface area contributed by atoms with Crippen LogP contribution in [0.5, 0.6) is 0 Å². The quantitative estimate of drug-likeness (QED) is 0.699. The maximum Gasteiger partial charge on any atom is 0.404 e. The SMILES string of the molecule is CC[C@H](OC(N)=O)[C@@H](CCC(C)(C)C)Nc1nc(Cl)c(C#N)cc1F. The van der Waals surface area contributed by atoms with Crippen molar-refractivity contribution in [2.24, 2.45) is 11.1 Å². The topological polar surface area (TPSA) is 101 Å². The van der Waals surface area contributed by atoms with Crippen molar-refractivity contribution in [1.82, 2.24) is 4.98 Å². The minimum Gasteiger partial charge on any atom is -0.444 e. The van der Waals surface area contributed by atoms with E-state index in [0.29, 0.717) is 12.8 Å².